The summed E-state index contributed by atoms with van der Waals surface area (Å²) in [4.78, 5) is 35.0. The topological polar surface area (TPSA) is 53.5 Å². The van der Waals surface area contributed by atoms with Crippen LogP contribution >= 0.6 is 22.9 Å². The Balaban J connectivity index is 1.72. The summed E-state index contributed by atoms with van der Waals surface area (Å²) in [5.41, 5.74) is 2.50. The van der Waals surface area contributed by atoms with E-state index in [1.165, 1.54) is 16.2 Å². The van der Waals surface area contributed by atoms with Gasteiger partial charge in [-0.05, 0) is 60.7 Å². The lowest BCUT2D eigenvalue weighted by atomic mass is 10.1. The molecule has 2 amide bonds. The van der Waals surface area contributed by atoms with Crippen molar-refractivity contribution in [2.75, 3.05) is 18.0 Å². The van der Waals surface area contributed by atoms with Crippen LogP contribution in [0.5, 0.6) is 0 Å². The van der Waals surface area contributed by atoms with E-state index >= 15 is 0 Å². The lowest BCUT2D eigenvalue weighted by Gasteiger charge is -2.24. The van der Waals surface area contributed by atoms with Crippen molar-refractivity contribution in [2.45, 2.75) is 13.3 Å². The number of likely N-dealkylation sites (N-methyl/N-ethyl adjacent to an activating group) is 1. The number of pyridine rings is 1. The van der Waals surface area contributed by atoms with Gasteiger partial charge >= 0.3 is 0 Å². The van der Waals surface area contributed by atoms with E-state index in [9.17, 15) is 9.59 Å². The van der Waals surface area contributed by atoms with Crippen molar-refractivity contribution >= 4 is 46.0 Å². The van der Waals surface area contributed by atoms with Crippen molar-refractivity contribution in [3.05, 3.63) is 87.5 Å². The maximum Gasteiger partial charge on any atom is 0.282 e. The highest BCUT2D eigenvalue weighted by atomic mass is 35.5. The zero-order valence-corrected chi connectivity index (χ0v) is 18.0. The van der Waals surface area contributed by atoms with Crippen molar-refractivity contribution in [1.82, 2.24) is 9.88 Å². The molecule has 5 nitrogen and oxygen atoms in total. The molecule has 152 valence electrons. The molecule has 0 saturated heterocycles. The molecule has 3 heterocycles. The molecule has 0 atom stereocenters. The monoisotopic (exact) mass is 437 g/mol. The van der Waals surface area contributed by atoms with Gasteiger partial charge in [0.2, 0.25) is 0 Å². The number of hydrogen-bond donors (Lipinski definition) is 0. The van der Waals surface area contributed by atoms with E-state index in [-0.39, 0.29) is 11.8 Å². The Morgan fingerprint density at radius 2 is 1.87 bits per heavy atom. The van der Waals surface area contributed by atoms with Crippen LogP contribution in [0.4, 0.5) is 5.69 Å². The van der Waals surface area contributed by atoms with Crippen molar-refractivity contribution < 1.29 is 9.59 Å². The molecule has 30 heavy (non-hydrogen) atoms. The average molecular weight is 438 g/mol. The molecule has 1 aliphatic heterocycles. The van der Waals surface area contributed by atoms with E-state index in [4.69, 9.17) is 11.6 Å². The van der Waals surface area contributed by atoms with Crippen LogP contribution in [0.15, 0.2) is 72.0 Å². The molecule has 4 rings (SSSR count). The third-order valence-electron chi connectivity index (χ3n) is 5.01. The fraction of sp³-hybridized carbons (Fsp3) is 0.174. The van der Waals surface area contributed by atoms with E-state index < -0.39 is 0 Å². The summed E-state index contributed by atoms with van der Waals surface area (Å²) in [7, 11) is 0. The highest BCUT2D eigenvalue weighted by Gasteiger charge is 2.42. The fourth-order valence-corrected chi connectivity index (χ4v) is 4.49. The third kappa shape index (κ3) is 3.88. The van der Waals surface area contributed by atoms with Gasteiger partial charge in [0.15, 0.2) is 0 Å². The van der Waals surface area contributed by atoms with Gasteiger partial charge in [-0.1, -0.05) is 23.7 Å². The maximum atomic E-state index is 13.5. The third-order valence-corrected chi connectivity index (χ3v) is 6.13. The first kappa shape index (κ1) is 20.3. The second kappa shape index (κ2) is 8.81. The molecule has 0 N–H and O–H groups in total. The number of carbonyl (C=O) groups is 2. The number of aromatic nitrogens is 1. The van der Waals surface area contributed by atoms with E-state index in [0.717, 1.165) is 16.9 Å². The Morgan fingerprint density at radius 1 is 1.07 bits per heavy atom. The van der Waals surface area contributed by atoms with Gasteiger partial charge in [-0.3, -0.25) is 14.6 Å². The van der Waals surface area contributed by atoms with Crippen molar-refractivity contribution in [1.29, 1.82) is 0 Å². The number of imide groups is 1. The van der Waals surface area contributed by atoms with Crippen LogP contribution in [0.2, 0.25) is 5.02 Å². The smallest absolute Gasteiger partial charge is 0.282 e. The van der Waals surface area contributed by atoms with Gasteiger partial charge in [0.1, 0.15) is 5.70 Å². The largest absolute Gasteiger partial charge is 0.366 e. The van der Waals surface area contributed by atoms with E-state index in [1.54, 1.807) is 36.7 Å². The van der Waals surface area contributed by atoms with Gasteiger partial charge in [0, 0.05) is 35.4 Å². The average Bonchev–Trinajstić information content (AvgIpc) is 3.36. The number of rotatable bonds is 7. The number of carbonyl (C=O) groups excluding carboxylic acids is 2. The van der Waals surface area contributed by atoms with Crippen LogP contribution in [0, 0.1) is 0 Å². The number of benzene rings is 1. The summed E-state index contributed by atoms with van der Waals surface area (Å²) in [5.74, 6) is -0.635. The van der Waals surface area contributed by atoms with E-state index in [2.05, 4.69) is 4.98 Å². The number of thiophene rings is 1. The first-order valence-electron chi connectivity index (χ1n) is 9.66. The Morgan fingerprint density at radius 3 is 2.53 bits per heavy atom. The first-order chi connectivity index (χ1) is 14.6. The van der Waals surface area contributed by atoms with Crippen LogP contribution < -0.4 is 4.90 Å². The van der Waals surface area contributed by atoms with E-state index in [0.29, 0.717) is 35.1 Å². The molecular weight excluding hydrogens is 418 g/mol. The van der Waals surface area contributed by atoms with Crippen LogP contribution in [-0.2, 0) is 16.0 Å². The molecule has 0 fully saturated rings. The second-order valence-electron chi connectivity index (χ2n) is 6.81. The number of anilines is 1. The molecule has 0 unspecified atom stereocenters. The van der Waals surface area contributed by atoms with Crippen LogP contribution in [0.3, 0.4) is 0 Å². The minimum atomic E-state index is -0.318. The summed E-state index contributed by atoms with van der Waals surface area (Å²) in [6, 6.07) is 14.5. The molecular formula is C23H20ClN3O2S. The molecule has 0 spiro atoms. The number of amides is 2. The lowest BCUT2D eigenvalue weighted by molar-refractivity contribution is -0.120. The minimum Gasteiger partial charge on any atom is -0.366 e. The maximum absolute atomic E-state index is 13.5. The molecule has 2 aromatic heterocycles. The second-order valence-corrected chi connectivity index (χ2v) is 8.20. The molecule has 3 aromatic rings. The predicted molar refractivity (Wildman–Crippen MR) is 120 cm³/mol. The van der Waals surface area contributed by atoms with Gasteiger partial charge in [-0.25, -0.2) is 4.90 Å². The lowest BCUT2D eigenvalue weighted by Crippen LogP contribution is -2.36. The summed E-state index contributed by atoms with van der Waals surface area (Å²) in [5, 5.41) is 2.39. The van der Waals surface area contributed by atoms with Crippen LogP contribution in [0.25, 0.3) is 5.57 Å². The van der Waals surface area contributed by atoms with Crippen molar-refractivity contribution in [2.24, 2.45) is 0 Å². The molecule has 0 saturated carbocycles. The summed E-state index contributed by atoms with van der Waals surface area (Å²) in [6.45, 7) is 3.22. The van der Waals surface area contributed by atoms with Crippen molar-refractivity contribution in [3.8, 4) is 0 Å². The highest BCUT2D eigenvalue weighted by Crippen LogP contribution is 2.37. The Labute approximate surface area is 184 Å². The van der Waals surface area contributed by atoms with E-state index in [1.807, 2.05) is 41.5 Å². The standard InChI is InChI=1S/C23H20ClN3O2S/c1-2-26(13-10-16-8-11-25-12-9-16)21-20(19-7-4-14-30-19)22(28)27(23(21)29)18-6-3-5-17(24)15-18/h3-9,11-12,14-15H,2,10,13H2,1H3. The van der Waals surface area contributed by atoms with Crippen LogP contribution in [-0.4, -0.2) is 34.8 Å². The number of hydrogen-bond acceptors (Lipinski definition) is 5. The van der Waals surface area contributed by atoms with Gasteiger partial charge in [0.25, 0.3) is 11.8 Å². The SMILES string of the molecule is CCN(CCc1ccncc1)C1=C(c2cccs2)C(=O)N(c2cccc(Cl)c2)C1=O. The van der Waals surface area contributed by atoms with Crippen molar-refractivity contribution in [3.63, 3.8) is 0 Å². The van der Waals surface area contributed by atoms with Gasteiger partial charge in [0.05, 0.1) is 11.3 Å². The fourth-order valence-electron chi connectivity index (χ4n) is 3.55. The Hall–Kier alpha value is -2.96. The Kier molecular flexibility index (Phi) is 5.97. The molecule has 0 bridgehead atoms. The van der Waals surface area contributed by atoms with Crippen LogP contribution in [0.1, 0.15) is 17.4 Å². The van der Waals surface area contributed by atoms with Gasteiger partial charge in [-0.15, -0.1) is 11.3 Å². The summed E-state index contributed by atoms with van der Waals surface area (Å²) >= 11 is 7.58. The molecule has 0 radical (unpaired) electrons. The number of halogens is 1. The summed E-state index contributed by atoms with van der Waals surface area (Å²) < 4.78 is 0. The predicted octanol–water partition coefficient (Wildman–Crippen LogP) is 4.65. The molecule has 1 aromatic carbocycles. The quantitative estimate of drug-likeness (QED) is 0.505. The normalized spacial score (nSPS) is 14.0. The highest BCUT2D eigenvalue weighted by molar-refractivity contribution is 7.11. The first-order valence-corrected chi connectivity index (χ1v) is 10.9. The summed E-state index contributed by atoms with van der Waals surface area (Å²) in [6.07, 6.45) is 4.26. The molecule has 1 aliphatic rings. The minimum absolute atomic E-state index is 0.317. The molecule has 7 heteroatoms. The number of nitrogens with zero attached hydrogens (tertiary/aromatic N) is 3. The van der Waals surface area contributed by atoms with Gasteiger partial charge in [-0.2, -0.15) is 0 Å². The van der Waals surface area contributed by atoms with Gasteiger partial charge < -0.3 is 4.90 Å². The zero-order valence-electron chi connectivity index (χ0n) is 16.4. The molecule has 0 aliphatic carbocycles. The zero-order chi connectivity index (χ0) is 21.1. The Bertz CT molecular complexity index is 1100.